The smallest absolute Gasteiger partial charge is 0.183 e. The predicted octanol–water partition coefficient (Wildman–Crippen LogP) is 2.07. The minimum Gasteiger partial charge on any atom is -0.329 e. The fraction of sp³-hybridized carbons (Fsp3) is 0.250. The molecule has 122 valence electrons. The number of rotatable bonds is 4. The van der Waals surface area contributed by atoms with E-state index in [-0.39, 0.29) is 11.4 Å². The lowest BCUT2D eigenvalue weighted by Gasteiger charge is -2.09. The maximum Gasteiger partial charge on any atom is 0.183 e. The Kier molecular flexibility index (Phi) is 3.96. The molecule has 23 heavy (non-hydrogen) atoms. The van der Waals surface area contributed by atoms with Gasteiger partial charge in [0, 0.05) is 17.5 Å². The van der Waals surface area contributed by atoms with Crippen molar-refractivity contribution in [3.05, 3.63) is 64.9 Å². The summed E-state index contributed by atoms with van der Waals surface area (Å²) in [6.45, 7) is -0.00827. The zero-order chi connectivity index (χ0) is 16.8. The molecule has 4 N–H and O–H groups in total. The highest BCUT2D eigenvalue weighted by Gasteiger charge is 2.68. The molecular weight excluding hydrogens is 339 g/mol. The summed E-state index contributed by atoms with van der Waals surface area (Å²) in [5, 5.41) is -0.442. The van der Waals surface area contributed by atoms with Crippen molar-refractivity contribution in [2.24, 2.45) is 11.5 Å². The monoisotopic (exact) mass is 354 g/mol. The summed E-state index contributed by atoms with van der Waals surface area (Å²) in [5.74, 6) is -0.972. The number of benzene rings is 2. The van der Waals surface area contributed by atoms with Gasteiger partial charge in [-0.15, -0.1) is 0 Å². The van der Waals surface area contributed by atoms with Crippen molar-refractivity contribution in [2.75, 3.05) is 6.54 Å². The van der Waals surface area contributed by atoms with Gasteiger partial charge in [-0.1, -0.05) is 23.7 Å². The Bertz CT molecular complexity index is 841. The number of hydrogen-bond acceptors (Lipinski definition) is 4. The van der Waals surface area contributed by atoms with E-state index in [1.807, 2.05) is 0 Å². The molecule has 2 aromatic rings. The highest BCUT2D eigenvalue weighted by Crippen LogP contribution is 2.55. The van der Waals surface area contributed by atoms with Crippen LogP contribution in [0.3, 0.4) is 0 Å². The summed E-state index contributed by atoms with van der Waals surface area (Å²) < 4.78 is 39.2. The zero-order valence-electron chi connectivity index (χ0n) is 12.1. The molecular formula is C16H16ClFN2O2S. The third kappa shape index (κ3) is 2.65. The van der Waals surface area contributed by atoms with Crippen LogP contribution in [0.5, 0.6) is 0 Å². The van der Waals surface area contributed by atoms with Gasteiger partial charge in [0.2, 0.25) is 0 Å². The SMILES string of the molecule is NC[C@@]1(N)[C@H](c2cccc(F)c2)[C@@H]1S(=O)(=O)c1ccc(Cl)cc1. The molecule has 0 aromatic heterocycles. The number of sulfone groups is 1. The number of nitrogens with two attached hydrogens (primary N) is 2. The van der Waals surface area contributed by atoms with E-state index in [9.17, 15) is 12.8 Å². The third-order valence-corrected chi connectivity index (χ3v) is 6.90. The molecule has 1 aliphatic rings. The van der Waals surface area contributed by atoms with Crippen molar-refractivity contribution >= 4 is 21.4 Å². The van der Waals surface area contributed by atoms with Crippen LogP contribution in [0.2, 0.25) is 5.02 Å². The molecule has 0 amide bonds. The van der Waals surface area contributed by atoms with Gasteiger partial charge >= 0.3 is 0 Å². The van der Waals surface area contributed by atoms with Gasteiger partial charge in [0.05, 0.1) is 15.7 Å². The largest absolute Gasteiger partial charge is 0.329 e. The molecule has 0 radical (unpaired) electrons. The van der Waals surface area contributed by atoms with Crippen molar-refractivity contribution in [2.45, 2.75) is 21.6 Å². The molecule has 0 aliphatic heterocycles. The Morgan fingerprint density at radius 2 is 1.83 bits per heavy atom. The second-order valence-electron chi connectivity index (χ2n) is 5.77. The molecule has 2 aromatic carbocycles. The lowest BCUT2D eigenvalue weighted by Crippen LogP contribution is -2.39. The first-order valence-corrected chi connectivity index (χ1v) is 8.97. The zero-order valence-corrected chi connectivity index (χ0v) is 13.7. The van der Waals surface area contributed by atoms with Gasteiger partial charge in [-0.05, 0) is 42.0 Å². The van der Waals surface area contributed by atoms with Crippen LogP contribution in [0.25, 0.3) is 0 Å². The second kappa shape index (κ2) is 5.56. The van der Waals surface area contributed by atoms with Crippen molar-refractivity contribution < 1.29 is 12.8 Å². The fourth-order valence-electron chi connectivity index (χ4n) is 3.09. The van der Waals surface area contributed by atoms with Crippen LogP contribution in [-0.2, 0) is 9.84 Å². The van der Waals surface area contributed by atoms with E-state index in [1.165, 1.54) is 42.5 Å². The normalized spacial score (nSPS) is 27.0. The summed E-state index contributed by atoms with van der Waals surface area (Å²) in [7, 11) is -3.70. The molecule has 3 atom stereocenters. The van der Waals surface area contributed by atoms with Gasteiger partial charge in [-0.25, -0.2) is 12.8 Å². The molecule has 1 saturated carbocycles. The van der Waals surface area contributed by atoms with E-state index in [2.05, 4.69) is 0 Å². The van der Waals surface area contributed by atoms with Crippen LogP contribution >= 0.6 is 11.6 Å². The van der Waals surface area contributed by atoms with E-state index >= 15 is 0 Å². The average Bonchev–Trinajstić information content (AvgIpc) is 3.15. The molecule has 1 aliphatic carbocycles. The molecule has 0 saturated heterocycles. The average molecular weight is 355 g/mol. The van der Waals surface area contributed by atoms with Crippen molar-refractivity contribution in [3.8, 4) is 0 Å². The second-order valence-corrected chi connectivity index (χ2v) is 8.27. The summed E-state index contributed by atoms with van der Waals surface area (Å²) in [6, 6.07) is 11.7. The molecule has 0 unspecified atom stereocenters. The van der Waals surface area contributed by atoms with Crippen molar-refractivity contribution in [1.29, 1.82) is 0 Å². The van der Waals surface area contributed by atoms with Crippen molar-refractivity contribution in [3.63, 3.8) is 0 Å². The third-order valence-electron chi connectivity index (χ3n) is 4.34. The van der Waals surface area contributed by atoms with Crippen LogP contribution in [0.15, 0.2) is 53.4 Å². The van der Waals surface area contributed by atoms with Crippen LogP contribution < -0.4 is 11.5 Å². The highest BCUT2D eigenvalue weighted by molar-refractivity contribution is 7.92. The Hall–Kier alpha value is -1.47. The minimum atomic E-state index is -3.70. The van der Waals surface area contributed by atoms with Gasteiger partial charge in [0.1, 0.15) is 5.82 Å². The van der Waals surface area contributed by atoms with Gasteiger partial charge in [0.25, 0.3) is 0 Å². The summed E-state index contributed by atoms with van der Waals surface area (Å²) >= 11 is 5.80. The highest BCUT2D eigenvalue weighted by atomic mass is 35.5. The van der Waals surface area contributed by atoms with E-state index in [0.717, 1.165) is 0 Å². The van der Waals surface area contributed by atoms with Crippen LogP contribution in [0, 0.1) is 5.82 Å². The lowest BCUT2D eigenvalue weighted by molar-refractivity contribution is 0.586. The number of halogens is 2. The predicted molar refractivity (Wildman–Crippen MR) is 87.5 cm³/mol. The maximum absolute atomic E-state index is 13.5. The first-order valence-electron chi connectivity index (χ1n) is 7.04. The molecule has 0 spiro atoms. The Labute approximate surface area is 139 Å². The van der Waals surface area contributed by atoms with E-state index in [4.69, 9.17) is 23.1 Å². The van der Waals surface area contributed by atoms with Crippen LogP contribution in [0.1, 0.15) is 11.5 Å². The Balaban J connectivity index is 2.03. The molecule has 0 heterocycles. The fourth-order valence-corrected chi connectivity index (χ4v) is 5.54. The molecule has 0 bridgehead atoms. The molecule has 7 heteroatoms. The van der Waals surface area contributed by atoms with Crippen LogP contribution in [-0.4, -0.2) is 25.8 Å². The minimum absolute atomic E-state index is 0.00827. The Morgan fingerprint density at radius 1 is 1.17 bits per heavy atom. The van der Waals surface area contributed by atoms with Gasteiger partial charge < -0.3 is 11.5 Å². The van der Waals surface area contributed by atoms with Crippen molar-refractivity contribution in [1.82, 2.24) is 0 Å². The molecule has 4 nitrogen and oxygen atoms in total. The lowest BCUT2D eigenvalue weighted by atomic mass is 10.1. The first-order chi connectivity index (χ1) is 10.8. The summed E-state index contributed by atoms with van der Waals surface area (Å²) in [4.78, 5) is 0.133. The standard InChI is InChI=1S/C16H16ClFN2O2S/c17-11-4-6-13(7-5-11)23(21,22)15-14(16(15,20)9-19)10-2-1-3-12(18)8-10/h1-8,14-15H,9,19-20H2/t14-,15+,16-/m1/s1. The van der Waals surface area contributed by atoms with Crippen LogP contribution in [0.4, 0.5) is 4.39 Å². The Morgan fingerprint density at radius 3 is 2.39 bits per heavy atom. The molecule has 1 fully saturated rings. The topological polar surface area (TPSA) is 86.2 Å². The number of hydrogen-bond donors (Lipinski definition) is 2. The maximum atomic E-state index is 13.5. The van der Waals surface area contributed by atoms with E-state index in [1.54, 1.807) is 6.07 Å². The summed E-state index contributed by atoms with van der Waals surface area (Å²) in [6.07, 6.45) is 0. The summed E-state index contributed by atoms with van der Waals surface area (Å²) in [5.41, 5.74) is 11.4. The van der Waals surface area contributed by atoms with Gasteiger partial charge in [-0.2, -0.15) is 0 Å². The molecule has 3 rings (SSSR count). The quantitative estimate of drug-likeness (QED) is 0.880. The van der Waals surface area contributed by atoms with Gasteiger partial charge in [0.15, 0.2) is 9.84 Å². The van der Waals surface area contributed by atoms with E-state index < -0.39 is 32.4 Å². The first kappa shape index (κ1) is 16.4. The van der Waals surface area contributed by atoms with E-state index in [0.29, 0.717) is 10.6 Å². The van der Waals surface area contributed by atoms with Gasteiger partial charge in [-0.3, -0.25) is 0 Å².